The summed E-state index contributed by atoms with van der Waals surface area (Å²) in [5.41, 5.74) is -1.18. The summed E-state index contributed by atoms with van der Waals surface area (Å²) in [5.74, 6) is -1.28. The molecular weight excluding hydrogens is 182 g/mol. The van der Waals surface area contributed by atoms with Crippen LogP contribution in [0.4, 0.5) is 0 Å². The van der Waals surface area contributed by atoms with E-state index in [0.29, 0.717) is 12.8 Å². The summed E-state index contributed by atoms with van der Waals surface area (Å²) in [4.78, 5) is 22.3. The Labute approximate surface area is 83.0 Å². The molecule has 0 heterocycles. The molecule has 0 unspecified atom stereocenters. The predicted octanol–water partition coefficient (Wildman–Crippen LogP) is 0.932. The first kappa shape index (κ1) is 10.8. The molecule has 0 saturated heterocycles. The van der Waals surface area contributed by atoms with Crippen LogP contribution < -0.4 is 5.32 Å². The van der Waals surface area contributed by atoms with E-state index in [9.17, 15) is 9.59 Å². The molecule has 2 N–H and O–H groups in total. The molecule has 0 saturated carbocycles. The smallest absolute Gasteiger partial charge is 0.328 e. The number of carboxylic acid groups (broad SMARTS) is 1. The van der Waals surface area contributed by atoms with Gasteiger partial charge >= 0.3 is 5.97 Å². The standard InChI is InChI=1S/C10H15NO3/c1-10(2,9(13)14)11-8(12)7-5-3-4-6-7/h3-4,7H,5-6H2,1-2H3,(H,11,12)(H,13,14). The molecule has 0 spiro atoms. The molecule has 0 aromatic carbocycles. The molecule has 1 aliphatic carbocycles. The monoisotopic (exact) mass is 197 g/mol. The minimum absolute atomic E-state index is 0.0892. The summed E-state index contributed by atoms with van der Waals surface area (Å²) in [6.45, 7) is 2.96. The summed E-state index contributed by atoms with van der Waals surface area (Å²) < 4.78 is 0. The fourth-order valence-electron chi connectivity index (χ4n) is 1.29. The van der Waals surface area contributed by atoms with Gasteiger partial charge in [-0.25, -0.2) is 4.79 Å². The van der Waals surface area contributed by atoms with Crippen LogP contribution in [0.25, 0.3) is 0 Å². The Morgan fingerprint density at radius 3 is 2.29 bits per heavy atom. The minimum atomic E-state index is -1.18. The van der Waals surface area contributed by atoms with Gasteiger partial charge in [0.25, 0.3) is 0 Å². The molecule has 0 aromatic heterocycles. The van der Waals surface area contributed by atoms with E-state index in [-0.39, 0.29) is 11.8 Å². The van der Waals surface area contributed by atoms with Gasteiger partial charge in [0.2, 0.25) is 5.91 Å². The largest absolute Gasteiger partial charge is 0.480 e. The number of allylic oxidation sites excluding steroid dienone is 2. The third kappa shape index (κ3) is 2.34. The van der Waals surface area contributed by atoms with Gasteiger partial charge in [0.15, 0.2) is 0 Å². The maximum absolute atomic E-state index is 11.6. The van der Waals surface area contributed by atoms with E-state index in [1.165, 1.54) is 13.8 Å². The molecule has 0 radical (unpaired) electrons. The molecule has 14 heavy (non-hydrogen) atoms. The minimum Gasteiger partial charge on any atom is -0.480 e. The van der Waals surface area contributed by atoms with Crippen molar-refractivity contribution in [2.75, 3.05) is 0 Å². The van der Waals surface area contributed by atoms with Crippen LogP contribution in [0.2, 0.25) is 0 Å². The lowest BCUT2D eigenvalue weighted by atomic mass is 10.0. The number of nitrogens with one attached hydrogen (secondary N) is 1. The zero-order valence-electron chi connectivity index (χ0n) is 8.41. The normalized spacial score (nSPS) is 17.0. The molecule has 0 aliphatic heterocycles. The van der Waals surface area contributed by atoms with Gasteiger partial charge < -0.3 is 10.4 Å². The van der Waals surface area contributed by atoms with E-state index in [0.717, 1.165) is 0 Å². The zero-order valence-corrected chi connectivity index (χ0v) is 8.41. The molecule has 4 nitrogen and oxygen atoms in total. The summed E-state index contributed by atoms with van der Waals surface area (Å²) >= 11 is 0. The van der Waals surface area contributed by atoms with E-state index < -0.39 is 11.5 Å². The average Bonchev–Trinajstić information content (AvgIpc) is 2.54. The number of amides is 1. The van der Waals surface area contributed by atoms with Crippen LogP contribution in [-0.2, 0) is 9.59 Å². The summed E-state index contributed by atoms with van der Waals surface area (Å²) in [5, 5.41) is 11.3. The molecule has 78 valence electrons. The summed E-state index contributed by atoms with van der Waals surface area (Å²) in [6.07, 6.45) is 5.30. The van der Waals surface area contributed by atoms with Crippen LogP contribution in [0.1, 0.15) is 26.7 Å². The van der Waals surface area contributed by atoms with Gasteiger partial charge in [-0.05, 0) is 26.7 Å². The number of aliphatic carboxylic acids is 1. The van der Waals surface area contributed by atoms with Crippen LogP contribution in [0.15, 0.2) is 12.2 Å². The Kier molecular flexibility index (Phi) is 2.93. The third-order valence-electron chi connectivity index (χ3n) is 2.35. The van der Waals surface area contributed by atoms with Crippen molar-refractivity contribution in [2.45, 2.75) is 32.2 Å². The van der Waals surface area contributed by atoms with Gasteiger partial charge in [-0.1, -0.05) is 12.2 Å². The van der Waals surface area contributed by atoms with E-state index >= 15 is 0 Å². The molecule has 4 heteroatoms. The van der Waals surface area contributed by atoms with Crippen molar-refractivity contribution in [1.82, 2.24) is 5.32 Å². The third-order valence-corrected chi connectivity index (χ3v) is 2.35. The van der Waals surface area contributed by atoms with Crippen molar-refractivity contribution >= 4 is 11.9 Å². The SMILES string of the molecule is CC(C)(NC(=O)C1CC=CC1)C(=O)O. The maximum Gasteiger partial charge on any atom is 0.328 e. The fourth-order valence-corrected chi connectivity index (χ4v) is 1.29. The molecule has 0 aromatic rings. The topological polar surface area (TPSA) is 66.4 Å². The highest BCUT2D eigenvalue weighted by Gasteiger charge is 2.31. The Hall–Kier alpha value is -1.32. The van der Waals surface area contributed by atoms with Crippen molar-refractivity contribution in [3.05, 3.63) is 12.2 Å². The Balaban J connectivity index is 2.51. The summed E-state index contributed by atoms with van der Waals surface area (Å²) in [6, 6.07) is 0. The quantitative estimate of drug-likeness (QED) is 0.661. The van der Waals surface area contributed by atoms with Crippen LogP contribution in [0.5, 0.6) is 0 Å². The highest BCUT2D eigenvalue weighted by molar-refractivity contribution is 5.87. The first-order chi connectivity index (χ1) is 6.43. The first-order valence-electron chi connectivity index (χ1n) is 4.64. The van der Waals surface area contributed by atoms with Crippen molar-refractivity contribution in [3.8, 4) is 0 Å². The van der Waals surface area contributed by atoms with Gasteiger partial charge in [0.1, 0.15) is 5.54 Å². The molecule has 0 fully saturated rings. The van der Waals surface area contributed by atoms with Crippen LogP contribution >= 0.6 is 0 Å². The Bertz CT molecular complexity index is 273. The lowest BCUT2D eigenvalue weighted by molar-refractivity contribution is -0.146. The molecular formula is C10H15NO3. The first-order valence-corrected chi connectivity index (χ1v) is 4.64. The molecule has 0 bridgehead atoms. The highest BCUT2D eigenvalue weighted by Crippen LogP contribution is 2.18. The predicted molar refractivity (Wildman–Crippen MR) is 51.7 cm³/mol. The van der Waals surface area contributed by atoms with Crippen molar-refractivity contribution < 1.29 is 14.7 Å². The maximum atomic E-state index is 11.6. The second-order valence-corrected chi connectivity index (χ2v) is 4.06. The number of hydrogen-bond donors (Lipinski definition) is 2. The summed E-state index contributed by atoms with van der Waals surface area (Å²) in [7, 11) is 0. The van der Waals surface area contributed by atoms with E-state index in [1.807, 2.05) is 12.2 Å². The number of carbonyl (C=O) groups excluding carboxylic acids is 1. The highest BCUT2D eigenvalue weighted by atomic mass is 16.4. The molecule has 1 aliphatic rings. The second kappa shape index (κ2) is 3.82. The van der Waals surface area contributed by atoms with E-state index in [1.54, 1.807) is 0 Å². The van der Waals surface area contributed by atoms with Gasteiger partial charge in [0.05, 0.1) is 0 Å². The van der Waals surface area contributed by atoms with E-state index in [2.05, 4.69) is 5.32 Å². The fraction of sp³-hybridized carbons (Fsp3) is 0.600. The lowest BCUT2D eigenvalue weighted by Gasteiger charge is -2.23. The van der Waals surface area contributed by atoms with Gasteiger partial charge in [-0.15, -0.1) is 0 Å². The van der Waals surface area contributed by atoms with Crippen LogP contribution in [-0.4, -0.2) is 22.5 Å². The number of carbonyl (C=O) groups is 2. The van der Waals surface area contributed by atoms with E-state index in [4.69, 9.17) is 5.11 Å². The van der Waals surface area contributed by atoms with Gasteiger partial charge in [0, 0.05) is 5.92 Å². The molecule has 1 rings (SSSR count). The van der Waals surface area contributed by atoms with Crippen LogP contribution in [0.3, 0.4) is 0 Å². The van der Waals surface area contributed by atoms with Gasteiger partial charge in [-0.3, -0.25) is 4.79 Å². The molecule has 0 atom stereocenters. The van der Waals surface area contributed by atoms with Crippen LogP contribution in [0, 0.1) is 5.92 Å². The Morgan fingerprint density at radius 1 is 1.36 bits per heavy atom. The van der Waals surface area contributed by atoms with Crippen molar-refractivity contribution in [2.24, 2.45) is 5.92 Å². The Morgan fingerprint density at radius 2 is 1.86 bits per heavy atom. The second-order valence-electron chi connectivity index (χ2n) is 4.06. The lowest BCUT2D eigenvalue weighted by Crippen LogP contribution is -2.51. The van der Waals surface area contributed by atoms with Gasteiger partial charge in [-0.2, -0.15) is 0 Å². The molecule has 1 amide bonds. The number of hydrogen-bond acceptors (Lipinski definition) is 2. The van der Waals surface area contributed by atoms with Crippen molar-refractivity contribution in [3.63, 3.8) is 0 Å². The average molecular weight is 197 g/mol. The van der Waals surface area contributed by atoms with Crippen molar-refractivity contribution in [1.29, 1.82) is 0 Å². The number of rotatable bonds is 3. The zero-order chi connectivity index (χ0) is 10.8. The number of carboxylic acids is 1.